The van der Waals surface area contributed by atoms with Crippen LogP contribution in [0, 0.1) is 18.6 Å². The first kappa shape index (κ1) is 11.0. The lowest BCUT2D eigenvalue weighted by Crippen LogP contribution is -2.43. The Labute approximate surface area is 91.9 Å². The van der Waals surface area contributed by atoms with Crippen molar-refractivity contribution in [2.24, 2.45) is 0 Å². The lowest BCUT2D eigenvalue weighted by molar-refractivity contribution is -0.147. The number of hydrogen-bond donors (Lipinski definition) is 1. The molecule has 1 aliphatic carbocycles. The molecule has 0 bridgehead atoms. The number of halogens is 2. The minimum absolute atomic E-state index is 0.106. The van der Waals surface area contributed by atoms with Gasteiger partial charge in [0.1, 0.15) is 11.6 Å². The van der Waals surface area contributed by atoms with E-state index in [1.54, 1.807) is 0 Å². The molecule has 0 saturated heterocycles. The maximum Gasteiger partial charge on any atom is 0.314 e. The van der Waals surface area contributed by atoms with Crippen LogP contribution in [0.2, 0.25) is 0 Å². The molecule has 4 heteroatoms. The van der Waals surface area contributed by atoms with Crippen LogP contribution >= 0.6 is 0 Å². The number of carbonyl (C=O) groups is 1. The van der Waals surface area contributed by atoms with E-state index in [9.17, 15) is 13.6 Å². The fourth-order valence-corrected chi connectivity index (χ4v) is 2.16. The summed E-state index contributed by atoms with van der Waals surface area (Å²) in [7, 11) is 0. The highest BCUT2D eigenvalue weighted by Crippen LogP contribution is 2.45. The van der Waals surface area contributed by atoms with E-state index in [1.807, 2.05) is 0 Å². The normalized spacial score (nSPS) is 17.9. The molecule has 1 fully saturated rings. The summed E-state index contributed by atoms with van der Waals surface area (Å²) in [5.41, 5.74) is -1.13. The number of aliphatic carboxylic acids is 1. The van der Waals surface area contributed by atoms with Crippen molar-refractivity contribution in [3.05, 3.63) is 34.9 Å². The second-order valence-corrected chi connectivity index (χ2v) is 4.27. The third-order valence-corrected chi connectivity index (χ3v) is 3.45. The van der Waals surface area contributed by atoms with Crippen molar-refractivity contribution in [3.63, 3.8) is 0 Å². The summed E-state index contributed by atoms with van der Waals surface area (Å²) in [6, 6.07) is 2.39. The Bertz CT molecular complexity index is 451. The van der Waals surface area contributed by atoms with Crippen LogP contribution in [0.4, 0.5) is 8.78 Å². The molecule has 1 N–H and O–H groups in total. The van der Waals surface area contributed by atoms with Crippen LogP contribution in [0.1, 0.15) is 30.4 Å². The first-order valence-electron chi connectivity index (χ1n) is 5.17. The molecule has 1 aromatic carbocycles. The highest BCUT2D eigenvalue weighted by molar-refractivity contribution is 5.82. The van der Waals surface area contributed by atoms with Crippen LogP contribution in [-0.2, 0) is 10.2 Å². The summed E-state index contributed by atoms with van der Waals surface area (Å²) in [4.78, 5) is 11.2. The van der Waals surface area contributed by atoms with E-state index in [-0.39, 0.29) is 11.1 Å². The monoisotopic (exact) mass is 226 g/mol. The van der Waals surface area contributed by atoms with Gasteiger partial charge in [-0.05, 0) is 25.8 Å². The molecule has 0 spiro atoms. The predicted molar refractivity (Wildman–Crippen MR) is 54.3 cm³/mol. The molecule has 2 nitrogen and oxygen atoms in total. The zero-order valence-electron chi connectivity index (χ0n) is 8.89. The van der Waals surface area contributed by atoms with Crippen LogP contribution in [0.15, 0.2) is 12.1 Å². The van der Waals surface area contributed by atoms with E-state index in [4.69, 9.17) is 5.11 Å². The van der Waals surface area contributed by atoms with Gasteiger partial charge in [0, 0.05) is 11.1 Å². The molecule has 0 aromatic heterocycles. The van der Waals surface area contributed by atoms with Gasteiger partial charge in [-0.15, -0.1) is 0 Å². The summed E-state index contributed by atoms with van der Waals surface area (Å²) < 4.78 is 26.9. The smallest absolute Gasteiger partial charge is 0.314 e. The second kappa shape index (κ2) is 3.54. The Balaban J connectivity index is 2.56. The van der Waals surface area contributed by atoms with Gasteiger partial charge in [-0.25, -0.2) is 8.78 Å². The van der Waals surface area contributed by atoms with E-state index in [0.29, 0.717) is 12.8 Å². The van der Waals surface area contributed by atoms with Crippen molar-refractivity contribution in [1.82, 2.24) is 0 Å². The zero-order chi connectivity index (χ0) is 11.9. The largest absolute Gasteiger partial charge is 0.481 e. The van der Waals surface area contributed by atoms with Crippen LogP contribution in [0.25, 0.3) is 0 Å². The van der Waals surface area contributed by atoms with Gasteiger partial charge in [0.2, 0.25) is 0 Å². The molecule has 0 aliphatic heterocycles. The van der Waals surface area contributed by atoms with Gasteiger partial charge < -0.3 is 5.11 Å². The molecule has 1 aliphatic rings. The van der Waals surface area contributed by atoms with Crippen LogP contribution in [-0.4, -0.2) is 11.1 Å². The van der Waals surface area contributed by atoms with Crippen LogP contribution in [0.3, 0.4) is 0 Å². The van der Waals surface area contributed by atoms with E-state index in [1.165, 1.54) is 13.0 Å². The lowest BCUT2D eigenvalue weighted by Gasteiger charge is -2.38. The van der Waals surface area contributed by atoms with Gasteiger partial charge in [-0.2, -0.15) is 0 Å². The highest BCUT2D eigenvalue weighted by atomic mass is 19.1. The maximum absolute atomic E-state index is 13.8. The van der Waals surface area contributed by atoms with E-state index in [2.05, 4.69) is 0 Å². The predicted octanol–water partition coefficient (Wildman–Crippen LogP) is 2.78. The highest BCUT2D eigenvalue weighted by Gasteiger charge is 2.47. The first-order chi connectivity index (χ1) is 7.49. The average molecular weight is 226 g/mol. The molecule has 0 amide bonds. The third kappa shape index (κ3) is 1.32. The Morgan fingerprint density at radius 2 is 2.00 bits per heavy atom. The number of hydrogen-bond acceptors (Lipinski definition) is 1. The van der Waals surface area contributed by atoms with Gasteiger partial charge in [0.25, 0.3) is 0 Å². The van der Waals surface area contributed by atoms with Crippen molar-refractivity contribution in [2.45, 2.75) is 31.6 Å². The standard InChI is InChI=1S/C12H12F2O2/c1-7-9(13)4-3-8(10(7)14)12(11(15)16)5-2-6-12/h3-4H,2,5-6H2,1H3,(H,15,16). The lowest BCUT2D eigenvalue weighted by atomic mass is 9.64. The fraction of sp³-hybridized carbons (Fsp3) is 0.417. The Morgan fingerprint density at radius 1 is 1.38 bits per heavy atom. The molecule has 0 unspecified atom stereocenters. The second-order valence-electron chi connectivity index (χ2n) is 4.27. The SMILES string of the molecule is Cc1c(F)ccc(C2(C(=O)O)CCC2)c1F. The van der Waals surface area contributed by atoms with Gasteiger partial charge >= 0.3 is 5.97 Å². The molecule has 0 heterocycles. The molecule has 86 valence electrons. The number of carboxylic acid groups (broad SMARTS) is 1. The molecular weight excluding hydrogens is 214 g/mol. The van der Waals surface area contributed by atoms with Gasteiger partial charge in [0.05, 0.1) is 5.41 Å². The number of carboxylic acids is 1. The average Bonchev–Trinajstić information content (AvgIpc) is 2.16. The molecule has 16 heavy (non-hydrogen) atoms. The summed E-state index contributed by atoms with van der Waals surface area (Å²) >= 11 is 0. The summed E-state index contributed by atoms with van der Waals surface area (Å²) in [6.07, 6.45) is 1.61. The van der Waals surface area contributed by atoms with Crippen molar-refractivity contribution < 1.29 is 18.7 Å². The fourth-order valence-electron chi connectivity index (χ4n) is 2.16. The molecular formula is C12H12F2O2. The Kier molecular flexibility index (Phi) is 2.45. The van der Waals surface area contributed by atoms with Gasteiger partial charge in [-0.1, -0.05) is 12.5 Å². The molecule has 2 rings (SSSR count). The van der Waals surface area contributed by atoms with Crippen molar-refractivity contribution >= 4 is 5.97 Å². The third-order valence-electron chi connectivity index (χ3n) is 3.45. The van der Waals surface area contributed by atoms with Crippen molar-refractivity contribution in [1.29, 1.82) is 0 Å². The van der Waals surface area contributed by atoms with E-state index < -0.39 is 23.0 Å². The number of benzene rings is 1. The Hall–Kier alpha value is -1.45. The number of rotatable bonds is 2. The van der Waals surface area contributed by atoms with Gasteiger partial charge in [0.15, 0.2) is 0 Å². The van der Waals surface area contributed by atoms with Crippen molar-refractivity contribution in [3.8, 4) is 0 Å². The topological polar surface area (TPSA) is 37.3 Å². The minimum atomic E-state index is -1.14. The first-order valence-corrected chi connectivity index (χ1v) is 5.17. The summed E-state index contributed by atoms with van der Waals surface area (Å²) in [6.45, 7) is 1.32. The van der Waals surface area contributed by atoms with Crippen LogP contribution in [0.5, 0.6) is 0 Å². The van der Waals surface area contributed by atoms with E-state index in [0.717, 1.165) is 12.5 Å². The molecule has 0 atom stereocenters. The summed E-state index contributed by atoms with van der Waals surface area (Å²) in [5.74, 6) is -2.38. The molecule has 1 aromatic rings. The summed E-state index contributed by atoms with van der Waals surface area (Å²) in [5, 5.41) is 9.16. The quantitative estimate of drug-likeness (QED) is 0.841. The molecule has 0 radical (unpaired) electrons. The Morgan fingerprint density at radius 3 is 2.44 bits per heavy atom. The van der Waals surface area contributed by atoms with E-state index >= 15 is 0 Å². The van der Waals surface area contributed by atoms with Gasteiger partial charge in [-0.3, -0.25) is 4.79 Å². The minimum Gasteiger partial charge on any atom is -0.481 e. The maximum atomic E-state index is 13.8. The van der Waals surface area contributed by atoms with Crippen molar-refractivity contribution in [2.75, 3.05) is 0 Å². The van der Waals surface area contributed by atoms with Crippen LogP contribution < -0.4 is 0 Å². The zero-order valence-corrected chi connectivity index (χ0v) is 8.89. The molecule has 1 saturated carbocycles.